The van der Waals surface area contributed by atoms with Crippen molar-refractivity contribution in [2.75, 3.05) is 7.11 Å². The van der Waals surface area contributed by atoms with Crippen molar-refractivity contribution < 1.29 is 14.3 Å². The van der Waals surface area contributed by atoms with Gasteiger partial charge in [-0.25, -0.2) is 0 Å². The predicted octanol–water partition coefficient (Wildman–Crippen LogP) is 4.00. The summed E-state index contributed by atoms with van der Waals surface area (Å²) in [5, 5.41) is 0.528. The molecular weight excluding hydrogens is 276 g/mol. The Hall–Kier alpha value is -2.00. The van der Waals surface area contributed by atoms with Crippen molar-refractivity contribution in [3.05, 3.63) is 59.1 Å². The van der Waals surface area contributed by atoms with E-state index in [1.165, 1.54) is 0 Å². The lowest BCUT2D eigenvalue weighted by molar-refractivity contribution is 0.0814. The highest BCUT2D eigenvalue weighted by molar-refractivity contribution is 6.31. The molecule has 0 aliphatic rings. The van der Waals surface area contributed by atoms with Gasteiger partial charge in [-0.1, -0.05) is 35.9 Å². The first-order valence-electron chi connectivity index (χ1n) is 6.21. The zero-order valence-corrected chi connectivity index (χ0v) is 12.1. The van der Waals surface area contributed by atoms with Gasteiger partial charge in [-0.05, 0) is 31.2 Å². The minimum absolute atomic E-state index is 0.126. The summed E-state index contributed by atoms with van der Waals surface area (Å²) in [4.78, 5) is 12.3. The zero-order valence-electron chi connectivity index (χ0n) is 11.3. The smallest absolute Gasteiger partial charge is 0.203 e. The number of ether oxygens (including phenoxy) is 2. The number of halogens is 1. The van der Waals surface area contributed by atoms with Crippen LogP contribution in [0.2, 0.25) is 5.02 Å². The molecule has 0 aliphatic heterocycles. The summed E-state index contributed by atoms with van der Waals surface area (Å²) in [7, 11) is 1.56. The van der Waals surface area contributed by atoms with Crippen LogP contribution >= 0.6 is 11.6 Å². The van der Waals surface area contributed by atoms with Gasteiger partial charge in [0.2, 0.25) is 5.78 Å². The molecule has 2 rings (SSSR count). The van der Waals surface area contributed by atoms with Gasteiger partial charge < -0.3 is 9.47 Å². The summed E-state index contributed by atoms with van der Waals surface area (Å²) in [5.74, 6) is 1.01. The fourth-order valence-corrected chi connectivity index (χ4v) is 2.03. The van der Waals surface area contributed by atoms with Gasteiger partial charge in [-0.2, -0.15) is 0 Å². The Morgan fingerprint density at radius 2 is 1.80 bits per heavy atom. The second-order valence-corrected chi connectivity index (χ2v) is 4.72. The Balaban J connectivity index is 2.15. The zero-order chi connectivity index (χ0) is 14.5. The van der Waals surface area contributed by atoms with E-state index in [-0.39, 0.29) is 5.78 Å². The van der Waals surface area contributed by atoms with Crippen LogP contribution in [0.3, 0.4) is 0 Å². The second kappa shape index (κ2) is 6.44. The van der Waals surface area contributed by atoms with Crippen LogP contribution in [0.1, 0.15) is 17.3 Å². The summed E-state index contributed by atoms with van der Waals surface area (Å²) >= 11 is 5.89. The van der Waals surface area contributed by atoms with E-state index < -0.39 is 6.10 Å². The first-order valence-corrected chi connectivity index (χ1v) is 6.59. The van der Waals surface area contributed by atoms with Crippen LogP contribution in [0.25, 0.3) is 0 Å². The maximum atomic E-state index is 12.3. The molecule has 0 spiro atoms. The van der Waals surface area contributed by atoms with Crippen molar-refractivity contribution in [3.8, 4) is 11.5 Å². The Labute approximate surface area is 123 Å². The highest BCUT2D eigenvalue weighted by Crippen LogP contribution is 2.27. The Morgan fingerprint density at radius 1 is 1.10 bits per heavy atom. The van der Waals surface area contributed by atoms with Gasteiger partial charge in [0.05, 0.1) is 7.11 Å². The molecule has 0 amide bonds. The minimum atomic E-state index is -0.621. The minimum Gasteiger partial charge on any atom is -0.493 e. The van der Waals surface area contributed by atoms with E-state index >= 15 is 0 Å². The maximum Gasteiger partial charge on any atom is 0.203 e. The van der Waals surface area contributed by atoms with Gasteiger partial charge in [-0.3, -0.25) is 4.79 Å². The van der Waals surface area contributed by atoms with Crippen LogP contribution in [0.15, 0.2) is 48.5 Å². The number of para-hydroxylation sites is 2. The average Bonchev–Trinajstić information content (AvgIpc) is 2.47. The van der Waals surface area contributed by atoms with Crippen LogP contribution in [0, 0.1) is 0 Å². The lowest BCUT2D eigenvalue weighted by atomic mass is 10.1. The van der Waals surface area contributed by atoms with Gasteiger partial charge in [0.25, 0.3) is 0 Å². The molecule has 0 saturated heterocycles. The molecule has 0 N–H and O–H groups in total. The lowest BCUT2D eigenvalue weighted by Crippen LogP contribution is -2.24. The van der Waals surface area contributed by atoms with E-state index in [9.17, 15) is 4.79 Å². The lowest BCUT2D eigenvalue weighted by Gasteiger charge is -2.16. The molecule has 20 heavy (non-hydrogen) atoms. The molecule has 0 bridgehead atoms. The summed E-state index contributed by atoms with van der Waals surface area (Å²) in [6.45, 7) is 1.70. The average molecular weight is 291 g/mol. The Bertz CT molecular complexity index is 610. The van der Waals surface area contributed by atoms with Gasteiger partial charge in [0.15, 0.2) is 17.6 Å². The molecule has 1 atom stereocenters. The van der Waals surface area contributed by atoms with Gasteiger partial charge in [-0.15, -0.1) is 0 Å². The molecule has 104 valence electrons. The number of benzene rings is 2. The fraction of sp³-hybridized carbons (Fsp3) is 0.188. The third-order valence-corrected chi connectivity index (χ3v) is 3.09. The van der Waals surface area contributed by atoms with Gasteiger partial charge in [0.1, 0.15) is 0 Å². The largest absolute Gasteiger partial charge is 0.493 e. The van der Waals surface area contributed by atoms with Gasteiger partial charge >= 0.3 is 0 Å². The van der Waals surface area contributed by atoms with Gasteiger partial charge in [0, 0.05) is 10.6 Å². The molecule has 3 nitrogen and oxygen atoms in total. The molecule has 0 saturated carbocycles. The monoisotopic (exact) mass is 290 g/mol. The van der Waals surface area contributed by atoms with E-state index in [2.05, 4.69) is 0 Å². The normalized spacial score (nSPS) is 11.8. The third kappa shape index (κ3) is 3.31. The Kier molecular flexibility index (Phi) is 4.64. The molecule has 2 aromatic rings. The van der Waals surface area contributed by atoms with Crippen molar-refractivity contribution in [3.63, 3.8) is 0 Å². The maximum absolute atomic E-state index is 12.3. The van der Waals surface area contributed by atoms with E-state index in [0.717, 1.165) is 0 Å². The molecule has 0 unspecified atom stereocenters. The summed E-state index contributed by atoms with van der Waals surface area (Å²) < 4.78 is 10.9. The molecule has 0 heterocycles. The topological polar surface area (TPSA) is 35.5 Å². The van der Waals surface area contributed by atoms with E-state index in [4.69, 9.17) is 21.1 Å². The Morgan fingerprint density at radius 3 is 2.45 bits per heavy atom. The number of rotatable bonds is 5. The number of hydrogen-bond donors (Lipinski definition) is 0. The molecule has 0 aromatic heterocycles. The number of carbonyl (C=O) groups excluding carboxylic acids is 1. The van der Waals surface area contributed by atoms with Crippen LogP contribution in [0.4, 0.5) is 0 Å². The van der Waals surface area contributed by atoms with Crippen molar-refractivity contribution in [2.24, 2.45) is 0 Å². The van der Waals surface area contributed by atoms with Crippen molar-refractivity contribution in [1.29, 1.82) is 0 Å². The summed E-state index contributed by atoms with van der Waals surface area (Å²) in [5.41, 5.74) is 0.528. The number of carbonyl (C=O) groups is 1. The van der Waals surface area contributed by atoms with E-state index in [0.29, 0.717) is 22.1 Å². The second-order valence-electron chi connectivity index (χ2n) is 4.29. The number of ketones is 1. The van der Waals surface area contributed by atoms with Crippen LogP contribution < -0.4 is 9.47 Å². The van der Waals surface area contributed by atoms with Crippen LogP contribution in [0.5, 0.6) is 11.5 Å². The molecule has 0 fully saturated rings. The summed E-state index contributed by atoms with van der Waals surface area (Å²) in [6, 6.07) is 14.0. The highest BCUT2D eigenvalue weighted by Gasteiger charge is 2.18. The first kappa shape index (κ1) is 14.4. The quantitative estimate of drug-likeness (QED) is 0.781. The third-order valence-electron chi connectivity index (χ3n) is 2.85. The first-order chi connectivity index (χ1) is 9.61. The van der Waals surface area contributed by atoms with Crippen molar-refractivity contribution in [2.45, 2.75) is 13.0 Å². The number of Topliss-reactive ketones (excluding diaryl/α,β-unsaturated/α-hetero) is 1. The fourth-order valence-electron chi connectivity index (χ4n) is 1.84. The molecule has 0 aliphatic carbocycles. The van der Waals surface area contributed by atoms with Crippen molar-refractivity contribution in [1.82, 2.24) is 0 Å². The molecule has 2 aromatic carbocycles. The van der Waals surface area contributed by atoms with Crippen LogP contribution in [-0.2, 0) is 0 Å². The number of methoxy groups -OCH3 is 1. The SMILES string of the molecule is COc1ccccc1O[C@H](C)C(=O)c1cccc(Cl)c1. The predicted molar refractivity (Wildman–Crippen MR) is 78.9 cm³/mol. The summed E-state index contributed by atoms with van der Waals surface area (Å²) in [6.07, 6.45) is -0.621. The van der Waals surface area contributed by atoms with Crippen molar-refractivity contribution >= 4 is 17.4 Å². The molecule has 4 heteroatoms. The van der Waals surface area contributed by atoms with E-state index in [1.807, 2.05) is 12.1 Å². The standard InChI is InChI=1S/C16H15ClO3/c1-11(16(18)12-6-5-7-13(17)10-12)20-15-9-4-3-8-14(15)19-2/h3-11H,1-2H3/t11-/m1/s1. The molecule has 0 radical (unpaired) electrons. The highest BCUT2D eigenvalue weighted by atomic mass is 35.5. The van der Waals surface area contributed by atoms with E-state index in [1.54, 1.807) is 50.4 Å². The number of hydrogen-bond acceptors (Lipinski definition) is 3. The molecular formula is C16H15ClO3. The van der Waals surface area contributed by atoms with Crippen LogP contribution in [-0.4, -0.2) is 19.0 Å².